The van der Waals surface area contributed by atoms with Crippen molar-refractivity contribution < 1.29 is 18.8 Å². The summed E-state index contributed by atoms with van der Waals surface area (Å²) in [4.78, 5) is 0. The third-order valence-electron chi connectivity index (χ3n) is 2.53. The van der Waals surface area contributed by atoms with Gasteiger partial charge in [0.25, 0.3) is 0 Å². The zero-order chi connectivity index (χ0) is 14.3. The van der Waals surface area contributed by atoms with Gasteiger partial charge in [-0.15, -0.1) is 0 Å². The average molecular weight is 295 g/mol. The monoisotopic (exact) mass is 295 g/mol. The van der Waals surface area contributed by atoms with E-state index in [4.69, 9.17) is 9.47 Å². The molecule has 2 N–H and O–H groups in total. The first kappa shape index (κ1) is 19.0. The second-order valence-corrected chi connectivity index (χ2v) is 6.20. The van der Waals surface area contributed by atoms with E-state index in [2.05, 4.69) is 12.2 Å². The summed E-state index contributed by atoms with van der Waals surface area (Å²) in [5.41, 5.74) is 0. The van der Waals surface area contributed by atoms with Crippen molar-refractivity contribution in [3.63, 3.8) is 0 Å². The number of aliphatic hydroxyl groups is 1. The molecule has 0 spiro atoms. The second kappa shape index (κ2) is 14.4. The van der Waals surface area contributed by atoms with E-state index in [-0.39, 0.29) is 0 Å². The summed E-state index contributed by atoms with van der Waals surface area (Å²) >= 11 is 0. The summed E-state index contributed by atoms with van der Waals surface area (Å²) in [7, 11) is -0.745. The summed E-state index contributed by atoms with van der Waals surface area (Å²) in [5, 5.41) is 12.7. The highest BCUT2D eigenvalue weighted by Crippen LogP contribution is 1.89. The highest BCUT2D eigenvalue weighted by molar-refractivity contribution is 7.84. The highest BCUT2D eigenvalue weighted by Gasteiger charge is 2.04. The van der Waals surface area contributed by atoms with Crippen LogP contribution in [0.15, 0.2) is 0 Å². The third kappa shape index (κ3) is 14.2. The van der Waals surface area contributed by atoms with Crippen molar-refractivity contribution in [2.75, 3.05) is 51.0 Å². The molecule has 6 heteroatoms. The fraction of sp³-hybridized carbons (Fsp3) is 1.00. The Bertz CT molecular complexity index is 217. The molecule has 5 nitrogen and oxygen atoms in total. The van der Waals surface area contributed by atoms with E-state index >= 15 is 0 Å². The van der Waals surface area contributed by atoms with E-state index in [9.17, 15) is 9.32 Å². The minimum Gasteiger partial charge on any atom is -0.389 e. The molecule has 0 heterocycles. The average Bonchev–Trinajstić information content (AvgIpc) is 2.42. The van der Waals surface area contributed by atoms with Crippen LogP contribution in [0.4, 0.5) is 0 Å². The van der Waals surface area contributed by atoms with Crippen LogP contribution in [0.3, 0.4) is 0 Å². The molecule has 116 valence electrons. The van der Waals surface area contributed by atoms with Crippen molar-refractivity contribution in [3.05, 3.63) is 0 Å². The van der Waals surface area contributed by atoms with Gasteiger partial charge in [-0.05, 0) is 6.42 Å². The van der Waals surface area contributed by atoms with Gasteiger partial charge in [0.2, 0.25) is 0 Å². The lowest BCUT2D eigenvalue weighted by molar-refractivity contribution is 0.00410. The fourth-order valence-corrected chi connectivity index (χ4v) is 2.00. The minimum atomic E-state index is -0.745. The van der Waals surface area contributed by atoms with Gasteiger partial charge in [-0.3, -0.25) is 4.21 Å². The van der Waals surface area contributed by atoms with Crippen LogP contribution < -0.4 is 5.32 Å². The molecule has 0 amide bonds. The zero-order valence-electron chi connectivity index (χ0n) is 12.2. The Kier molecular flexibility index (Phi) is 14.4. The third-order valence-corrected chi connectivity index (χ3v) is 3.84. The number of unbranched alkanes of at least 4 members (excludes halogenated alkanes) is 1. The van der Waals surface area contributed by atoms with Gasteiger partial charge in [0, 0.05) is 42.0 Å². The molecule has 0 radical (unpaired) electrons. The van der Waals surface area contributed by atoms with Crippen molar-refractivity contribution in [1.29, 1.82) is 0 Å². The van der Waals surface area contributed by atoms with Gasteiger partial charge < -0.3 is 19.9 Å². The first-order valence-electron chi connectivity index (χ1n) is 7.09. The molecule has 0 rings (SSSR count). The lowest BCUT2D eigenvalue weighted by atomic mass is 10.4. The number of ether oxygens (including phenoxy) is 2. The van der Waals surface area contributed by atoms with E-state index in [0.29, 0.717) is 44.4 Å². The molecule has 2 unspecified atom stereocenters. The topological polar surface area (TPSA) is 67.8 Å². The molecular formula is C13H29NO4S. The number of nitrogens with one attached hydrogen (secondary N) is 1. The molecular weight excluding hydrogens is 266 g/mol. The van der Waals surface area contributed by atoms with Gasteiger partial charge in [-0.1, -0.05) is 20.3 Å². The van der Waals surface area contributed by atoms with Crippen LogP contribution in [0.5, 0.6) is 0 Å². The second-order valence-electron chi connectivity index (χ2n) is 4.33. The molecule has 2 atom stereocenters. The van der Waals surface area contributed by atoms with Crippen LogP contribution >= 0.6 is 0 Å². The van der Waals surface area contributed by atoms with E-state index in [1.54, 1.807) is 0 Å². The van der Waals surface area contributed by atoms with Crippen LogP contribution in [0.25, 0.3) is 0 Å². The summed E-state index contributed by atoms with van der Waals surface area (Å²) in [6.07, 6.45) is 1.69. The zero-order valence-corrected chi connectivity index (χ0v) is 13.0. The van der Waals surface area contributed by atoms with Crippen molar-refractivity contribution in [1.82, 2.24) is 5.32 Å². The van der Waals surface area contributed by atoms with Crippen molar-refractivity contribution in [3.8, 4) is 0 Å². The van der Waals surface area contributed by atoms with Gasteiger partial charge >= 0.3 is 0 Å². The maximum Gasteiger partial charge on any atom is 0.0897 e. The predicted molar refractivity (Wildman–Crippen MR) is 79.0 cm³/mol. The van der Waals surface area contributed by atoms with E-state index in [0.717, 1.165) is 19.4 Å². The Morgan fingerprint density at radius 3 is 2.63 bits per heavy atom. The summed E-state index contributed by atoms with van der Waals surface area (Å²) in [6.45, 7) is 7.34. The maximum absolute atomic E-state index is 11.1. The lowest BCUT2D eigenvalue weighted by Crippen LogP contribution is -2.33. The quantitative estimate of drug-likeness (QED) is 0.458. The Morgan fingerprint density at radius 1 is 1.21 bits per heavy atom. The Hall–Kier alpha value is -0.0100. The van der Waals surface area contributed by atoms with Gasteiger partial charge in [-0.2, -0.15) is 0 Å². The summed E-state index contributed by atoms with van der Waals surface area (Å²) < 4.78 is 21.8. The fourth-order valence-electron chi connectivity index (χ4n) is 1.34. The molecule has 0 bridgehead atoms. The standard InChI is InChI=1S/C13H29NO4S/c1-3-5-7-17-8-9-18-12-13(15)11-14-6-10-19(16)4-2/h13-15H,3-12H2,1-2H3. The van der Waals surface area contributed by atoms with Crippen LogP contribution in [0, 0.1) is 0 Å². The first-order chi connectivity index (χ1) is 9.20. The van der Waals surface area contributed by atoms with Gasteiger partial charge in [0.1, 0.15) is 0 Å². The molecule has 0 saturated heterocycles. The summed E-state index contributed by atoms with van der Waals surface area (Å²) in [5.74, 6) is 1.32. The molecule has 0 aliphatic heterocycles. The number of hydrogen-bond acceptors (Lipinski definition) is 5. The molecule has 19 heavy (non-hydrogen) atoms. The Balaban J connectivity index is 3.21. The smallest absolute Gasteiger partial charge is 0.0897 e. The lowest BCUT2D eigenvalue weighted by Gasteiger charge is -2.12. The van der Waals surface area contributed by atoms with Gasteiger partial charge in [-0.25, -0.2) is 0 Å². The summed E-state index contributed by atoms with van der Waals surface area (Å²) in [6, 6.07) is 0. The Labute approximate surface area is 119 Å². The van der Waals surface area contributed by atoms with Crippen LogP contribution in [0.2, 0.25) is 0 Å². The normalized spacial score (nSPS) is 14.5. The molecule has 0 aliphatic rings. The number of hydrogen-bond donors (Lipinski definition) is 2. The molecule has 0 aliphatic carbocycles. The SMILES string of the molecule is CCCCOCCOCC(O)CNCCS(=O)CC. The van der Waals surface area contributed by atoms with Crippen LogP contribution in [-0.2, 0) is 20.3 Å². The van der Waals surface area contributed by atoms with Crippen molar-refractivity contribution >= 4 is 10.8 Å². The Morgan fingerprint density at radius 2 is 1.95 bits per heavy atom. The van der Waals surface area contributed by atoms with Crippen molar-refractivity contribution in [2.24, 2.45) is 0 Å². The molecule has 0 aromatic carbocycles. The largest absolute Gasteiger partial charge is 0.389 e. The molecule has 0 fully saturated rings. The number of rotatable bonds is 14. The molecule has 0 saturated carbocycles. The van der Waals surface area contributed by atoms with E-state index in [1.807, 2.05) is 6.92 Å². The van der Waals surface area contributed by atoms with Gasteiger partial charge in [0.05, 0.1) is 25.9 Å². The maximum atomic E-state index is 11.1. The van der Waals surface area contributed by atoms with Crippen LogP contribution in [0.1, 0.15) is 26.7 Å². The first-order valence-corrected chi connectivity index (χ1v) is 8.58. The molecule has 0 aromatic heterocycles. The van der Waals surface area contributed by atoms with E-state index in [1.165, 1.54) is 0 Å². The predicted octanol–water partition coefficient (Wildman–Crippen LogP) is 0.539. The van der Waals surface area contributed by atoms with Gasteiger partial charge in [0.15, 0.2) is 0 Å². The molecule has 0 aromatic rings. The van der Waals surface area contributed by atoms with E-state index < -0.39 is 16.9 Å². The van der Waals surface area contributed by atoms with Crippen molar-refractivity contribution in [2.45, 2.75) is 32.8 Å². The highest BCUT2D eigenvalue weighted by atomic mass is 32.2. The minimum absolute atomic E-state index is 0.307. The number of aliphatic hydroxyl groups excluding tert-OH is 1. The van der Waals surface area contributed by atoms with Crippen LogP contribution in [-0.4, -0.2) is 66.4 Å².